The largest absolute Gasteiger partial charge is 0.455 e. The molecule has 0 atom stereocenters. The molecule has 0 aliphatic rings. The minimum atomic E-state index is 0.522. The third-order valence-electron chi connectivity index (χ3n) is 12.5. The van der Waals surface area contributed by atoms with Crippen molar-refractivity contribution in [2.24, 2.45) is 0 Å². The highest BCUT2D eigenvalue weighted by atomic mass is 32.1. The van der Waals surface area contributed by atoms with Crippen LogP contribution in [0.4, 0.5) is 0 Å². The Bertz CT molecular complexity index is 4060. The molecule has 6 nitrogen and oxygen atoms in total. The molecule has 0 amide bonds. The van der Waals surface area contributed by atoms with Gasteiger partial charge in [-0.25, -0.2) is 15.0 Å². The first kappa shape index (κ1) is 33.7. The molecule has 0 unspecified atom stereocenters. The fourth-order valence-electron chi connectivity index (χ4n) is 9.68. The predicted molar refractivity (Wildman–Crippen MR) is 255 cm³/mol. The van der Waals surface area contributed by atoms with Gasteiger partial charge in [0.25, 0.3) is 0 Å². The summed E-state index contributed by atoms with van der Waals surface area (Å²) in [6.07, 6.45) is 0. The fourth-order valence-corrected chi connectivity index (χ4v) is 10.9. The highest BCUT2D eigenvalue weighted by Crippen LogP contribution is 2.46. The van der Waals surface area contributed by atoms with Gasteiger partial charge in [-0.3, -0.25) is 0 Å². The topological polar surface area (TPSA) is 69.9 Å². The average Bonchev–Trinajstić information content (AvgIpc) is 4.10. The lowest BCUT2D eigenvalue weighted by Crippen LogP contribution is -2.01. The first-order valence-corrected chi connectivity index (χ1v) is 21.5. The van der Waals surface area contributed by atoms with E-state index in [0.717, 1.165) is 87.2 Å². The van der Waals surface area contributed by atoms with E-state index in [1.807, 2.05) is 48.5 Å². The van der Waals surface area contributed by atoms with E-state index >= 15 is 0 Å². The zero-order valence-corrected chi connectivity index (χ0v) is 33.7. The van der Waals surface area contributed by atoms with Crippen LogP contribution in [0.3, 0.4) is 0 Å². The van der Waals surface area contributed by atoms with Crippen LogP contribution in [0.1, 0.15) is 0 Å². The van der Waals surface area contributed by atoms with Crippen LogP contribution in [-0.4, -0.2) is 19.5 Å². The van der Waals surface area contributed by atoms with E-state index in [0.29, 0.717) is 17.5 Å². The Morgan fingerprint density at radius 1 is 0.387 bits per heavy atom. The number of aromatic nitrogens is 4. The molecule has 14 rings (SSSR count). The number of furan rings is 2. The van der Waals surface area contributed by atoms with Crippen LogP contribution >= 0.6 is 11.3 Å². The minimum Gasteiger partial charge on any atom is -0.455 e. The molecule has 14 aromatic rings. The van der Waals surface area contributed by atoms with E-state index in [-0.39, 0.29) is 0 Å². The van der Waals surface area contributed by atoms with Crippen molar-refractivity contribution in [2.45, 2.75) is 0 Å². The average molecular weight is 811 g/mol. The van der Waals surface area contributed by atoms with Gasteiger partial charge < -0.3 is 13.4 Å². The number of benzene rings is 9. The summed E-state index contributed by atoms with van der Waals surface area (Å²) in [7, 11) is 0. The number of nitrogens with zero attached hydrogens (tertiary/aromatic N) is 4. The molecular formula is C55H30N4O2S. The lowest BCUT2D eigenvalue weighted by atomic mass is 10.0. The van der Waals surface area contributed by atoms with Gasteiger partial charge in [-0.1, -0.05) is 121 Å². The Kier molecular flexibility index (Phi) is 6.89. The SMILES string of the molecule is c1ccc2cc3c(cc2c1)c1ccccc1n3-c1ccc(-c2nc(-c3cccc4c3oc3ccccc34)nc(-c3cccc4c3oc3ccccc34)n2)c2c1sc1ccccc12. The van der Waals surface area contributed by atoms with E-state index in [4.69, 9.17) is 23.8 Å². The maximum Gasteiger partial charge on any atom is 0.167 e. The molecule has 0 aliphatic carbocycles. The molecular weight excluding hydrogens is 781 g/mol. The Labute approximate surface area is 356 Å². The maximum atomic E-state index is 6.59. The van der Waals surface area contributed by atoms with Gasteiger partial charge in [0.05, 0.1) is 32.5 Å². The van der Waals surface area contributed by atoms with Gasteiger partial charge in [0.2, 0.25) is 0 Å². The van der Waals surface area contributed by atoms with Gasteiger partial charge in [0, 0.05) is 53.4 Å². The van der Waals surface area contributed by atoms with Crippen LogP contribution in [-0.2, 0) is 0 Å². The number of para-hydroxylation sites is 5. The van der Waals surface area contributed by atoms with Crippen molar-refractivity contribution in [3.8, 4) is 39.9 Å². The summed E-state index contributed by atoms with van der Waals surface area (Å²) < 4.78 is 18.0. The lowest BCUT2D eigenvalue weighted by Gasteiger charge is -2.13. The van der Waals surface area contributed by atoms with Crippen LogP contribution in [0.2, 0.25) is 0 Å². The van der Waals surface area contributed by atoms with Gasteiger partial charge >= 0.3 is 0 Å². The van der Waals surface area contributed by atoms with Gasteiger partial charge in [-0.2, -0.15) is 0 Å². The van der Waals surface area contributed by atoms with Crippen molar-refractivity contribution < 1.29 is 8.83 Å². The molecule has 0 N–H and O–H groups in total. The highest BCUT2D eigenvalue weighted by molar-refractivity contribution is 7.26. The van der Waals surface area contributed by atoms with Crippen LogP contribution in [0, 0.1) is 0 Å². The second-order valence-electron chi connectivity index (χ2n) is 15.9. The van der Waals surface area contributed by atoms with E-state index in [1.54, 1.807) is 11.3 Å². The third kappa shape index (κ3) is 4.76. The zero-order valence-electron chi connectivity index (χ0n) is 32.8. The fraction of sp³-hybridized carbons (Fsp3) is 0. The van der Waals surface area contributed by atoms with E-state index in [1.165, 1.54) is 31.8 Å². The second-order valence-corrected chi connectivity index (χ2v) is 16.9. The Morgan fingerprint density at radius 2 is 0.919 bits per heavy atom. The number of fused-ring (bicyclic) bond motifs is 13. The van der Waals surface area contributed by atoms with Crippen molar-refractivity contribution in [1.29, 1.82) is 0 Å². The molecule has 0 bridgehead atoms. The highest BCUT2D eigenvalue weighted by Gasteiger charge is 2.24. The molecule has 62 heavy (non-hydrogen) atoms. The molecule has 0 aliphatic heterocycles. The number of rotatable bonds is 4. The van der Waals surface area contributed by atoms with Crippen molar-refractivity contribution in [1.82, 2.24) is 19.5 Å². The molecule has 0 saturated carbocycles. The van der Waals surface area contributed by atoms with Crippen molar-refractivity contribution in [3.63, 3.8) is 0 Å². The second kappa shape index (κ2) is 12.7. The summed E-state index contributed by atoms with van der Waals surface area (Å²) in [5, 5.41) is 11.2. The van der Waals surface area contributed by atoms with Gasteiger partial charge in [-0.15, -0.1) is 11.3 Å². The van der Waals surface area contributed by atoms with Crippen LogP contribution < -0.4 is 0 Å². The Morgan fingerprint density at radius 3 is 1.60 bits per heavy atom. The van der Waals surface area contributed by atoms with E-state index < -0.39 is 0 Å². The monoisotopic (exact) mass is 810 g/mol. The third-order valence-corrected chi connectivity index (χ3v) is 13.6. The quantitative estimate of drug-likeness (QED) is 0.177. The molecule has 9 aromatic carbocycles. The minimum absolute atomic E-state index is 0.522. The summed E-state index contributed by atoms with van der Waals surface area (Å²) in [5.41, 5.74) is 9.05. The Hall–Kier alpha value is -8.13. The normalized spacial score (nSPS) is 12.2. The van der Waals surface area contributed by atoms with Gasteiger partial charge in [0.1, 0.15) is 22.3 Å². The van der Waals surface area contributed by atoms with Crippen molar-refractivity contribution in [2.75, 3.05) is 0 Å². The van der Waals surface area contributed by atoms with Gasteiger partial charge in [-0.05, 0) is 71.4 Å². The van der Waals surface area contributed by atoms with Crippen LogP contribution in [0.5, 0.6) is 0 Å². The number of hydrogen-bond acceptors (Lipinski definition) is 6. The predicted octanol–water partition coefficient (Wildman–Crippen LogP) is 15.3. The summed E-state index contributed by atoms with van der Waals surface area (Å²) in [6, 6.07) is 63.8. The van der Waals surface area contributed by atoms with Crippen LogP contribution in [0.15, 0.2) is 191 Å². The summed E-state index contributed by atoms with van der Waals surface area (Å²) in [5.74, 6) is 1.61. The lowest BCUT2D eigenvalue weighted by molar-refractivity contribution is 0.669. The number of thiophene rings is 1. The molecule has 288 valence electrons. The molecule has 5 aromatic heterocycles. The van der Waals surface area contributed by atoms with E-state index in [9.17, 15) is 0 Å². The molecule has 5 heterocycles. The molecule has 0 fully saturated rings. The number of hydrogen-bond donors (Lipinski definition) is 0. The summed E-state index contributed by atoms with van der Waals surface area (Å²) >= 11 is 1.80. The molecule has 7 heteroatoms. The van der Waals surface area contributed by atoms with Crippen LogP contribution in [0.25, 0.3) is 136 Å². The van der Waals surface area contributed by atoms with Crippen molar-refractivity contribution in [3.05, 3.63) is 182 Å². The molecule has 0 spiro atoms. The molecule has 0 radical (unpaired) electrons. The molecule has 0 saturated heterocycles. The van der Waals surface area contributed by atoms with E-state index in [2.05, 4.69) is 138 Å². The maximum absolute atomic E-state index is 6.59. The first-order chi connectivity index (χ1) is 30.7. The summed E-state index contributed by atoms with van der Waals surface area (Å²) in [4.78, 5) is 16.1. The van der Waals surface area contributed by atoms with Crippen molar-refractivity contribution >= 4 is 108 Å². The summed E-state index contributed by atoms with van der Waals surface area (Å²) in [6.45, 7) is 0. The first-order valence-electron chi connectivity index (χ1n) is 20.7. The van der Waals surface area contributed by atoms with Gasteiger partial charge in [0.15, 0.2) is 17.5 Å². The Balaban J connectivity index is 1.08. The zero-order chi connectivity index (χ0) is 40.5. The smallest absolute Gasteiger partial charge is 0.167 e. The standard InChI is InChI=1S/C55H30N4O2S/c1-2-14-32-30-45-42(29-31(32)13-1)33-15-3-7-23-43(33)59(45)44-28-27-39(49-38-18-6-10-26-48(38)62-52(44)49)53-56-54(40-21-11-19-36-34-16-4-8-24-46(34)60-50(36)40)58-55(57-53)41-22-12-20-37-35-17-5-9-25-47(35)61-51(37)41/h1-30H.